The number of hydrogen-bond acceptors (Lipinski definition) is 5. The quantitative estimate of drug-likeness (QED) is 0.562. The van der Waals surface area contributed by atoms with Crippen LogP contribution in [-0.2, 0) is 22.3 Å². The highest BCUT2D eigenvalue weighted by Gasteiger charge is 2.29. The number of aromatic nitrogens is 1. The van der Waals surface area contributed by atoms with Gasteiger partial charge in [-0.1, -0.05) is 17.3 Å². The highest BCUT2D eigenvalue weighted by atomic mass is 32.2. The first-order valence-corrected chi connectivity index (χ1v) is 11.2. The number of aryl methyl sites for hydroxylation is 1. The highest BCUT2D eigenvalue weighted by molar-refractivity contribution is 7.88. The molecule has 0 spiro atoms. The van der Waals surface area contributed by atoms with Crippen LogP contribution in [0.3, 0.4) is 0 Å². The minimum atomic E-state index is -3.44. The molecule has 3 rings (SSSR count). The van der Waals surface area contributed by atoms with Crippen LogP contribution in [0.5, 0.6) is 0 Å². The zero-order valence-electron chi connectivity index (χ0n) is 16.6. The Morgan fingerprint density at radius 3 is 2.66 bits per heavy atom. The lowest BCUT2D eigenvalue weighted by molar-refractivity contribution is 0.259. The summed E-state index contributed by atoms with van der Waals surface area (Å²) in [5, 5.41) is 6.93. The fourth-order valence-electron chi connectivity index (χ4n) is 3.17. The van der Waals surface area contributed by atoms with Crippen molar-refractivity contribution in [2.45, 2.75) is 26.1 Å². The molecule has 0 aliphatic carbocycles. The molecule has 29 heavy (non-hydrogen) atoms. The second kappa shape index (κ2) is 9.36. The lowest BCUT2D eigenvalue weighted by Gasteiger charge is -2.35. The van der Waals surface area contributed by atoms with Crippen LogP contribution in [0.4, 0.5) is 4.39 Å². The van der Waals surface area contributed by atoms with E-state index in [2.05, 4.69) is 15.5 Å². The van der Waals surface area contributed by atoms with Gasteiger partial charge >= 0.3 is 0 Å². The first-order chi connectivity index (χ1) is 13.9. The number of aliphatic imine (C=N–C) groups is 1. The number of halogens is 1. The number of hydrogen-bond donors (Lipinski definition) is 1. The Morgan fingerprint density at radius 1 is 1.28 bits per heavy atom. The molecule has 8 nitrogen and oxygen atoms in total. The summed E-state index contributed by atoms with van der Waals surface area (Å²) in [6.07, 6.45) is 1.37. The van der Waals surface area contributed by atoms with Crippen molar-refractivity contribution >= 4 is 16.0 Å². The third-order valence-electron chi connectivity index (χ3n) is 4.72. The lowest BCUT2D eigenvalue weighted by atomic mass is 10.1. The van der Waals surface area contributed by atoms with Gasteiger partial charge in [-0.15, -0.1) is 0 Å². The molecular formula is C19H26FN5O3S. The standard InChI is InChI=1S/C19H26FN5O3S/c1-3-21-19(22-13-16-4-5-18(20)15(2)12-16)24-7-9-25(10-8-24)29(26,27)14-17-6-11-28-23-17/h4-6,11-12H,3,7-10,13-14H2,1-2H3,(H,21,22). The van der Waals surface area contributed by atoms with Crippen molar-refractivity contribution in [3.8, 4) is 0 Å². The van der Waals surface area contributed by atoms with Gasteiger partial charge < -0.3 is 14.7 Å². The average Bonchev–Trinajstić information content (AvgIpc) is 3.20. The van der Waals surface area contributed by atoms with Crippen molar-refractivity contribution in [2.24, 2.45) is 4.99 Å². The van der Waals surface area contributed by atoms with Crippen molar-refractivity contribution < 1.29 is 17.3 Å². The molecule has 2 aromatic rings. The normalized spacial score (nSPS) is 16.2. The molecule has 1 N–H and O–H groups in total. The summed E-state index contributed by atoms with van der Waals surface area (Å²) in [7, 11) is -3.44. The maximum atomic E-state index is 13.4. The molecule has 1 aromatic heterocycles. The number of guanidine groups is 1. The Balaban J connectivity index is 1.62. The van der Waals surface area contributed by atoms with Gasteiger partial charge in [0.2, 0.25) is 10.0 Å². The molecule has 0 unspecified atom stereocenters. The lowest BCUT2D eigenvalue weighted by Crippen LogP contribution is -2.53. The number of benzene rings is 1. The number of nitrogens with one attached hydrogen (secondary N) is 1. The molecule has 1 saturated heterocycles. The Labute approximate surface area is 170 Å². The van der Waals surface area contributed by atoms with E-state index < -0.39 is 10.0 Å². The molecule has 0 amide bonds. The molecule has 2 heterocycles. The van der Waals surface area contributed by atoms with E-state index in [1.165, 1.54) is 16.6 Å². The second-order valence-corrected chi connectivity index (χ2v) is 8.86. The number of sulfonamides is 1. The highest BCUT2D eigenvalue weighted by Crippen LogP contribution is 2.14. The van der Waals surface area contributed by atoms with Gasteiger partial charge in [0.15, 0.2) is 5.96 Å². The van der Waals surface area contributed by atoms with Gasteiger partial charge in [-0.3, -0.25) is 0 Å². The molecule has 1 aliphatic heterocycles. The van der Waals surface area contributed by atoms with Crippen LogP contribution in [0.2, 0.25) is 0 Å². The topological polar surface area (TPSA) is 91.0 Å². The van der Waals surface area contributed by atoms with Crippen LogP contribution in [0.1, 0.15) is 23.7 Å². The first-order valence-electron chi connectivity index (χ1n) is 9.54. The third kappa shape index (κ3) is 5.54. The summed E-state index contributed by atoms with van der Waals surface area (Å²) >= 11 is 0. The predicted molar refractivity (Wildman–Crippen MR) is 108 cm³/mol. The monoisotopic (exact) mass is 423 g/mol. The van der Waals surface area contributed by atoms with Crippen molar-refractivity contribution in [1.29, 1.82) is 0 Å². The summed E-state index contributed by atoms with van der Waals surface area (Å²) in [6.45, 7) is 6.65. The van der Waals surface area contributed by atoms with Gasteiger partial charge in [0.1, 0.15) is 17.8 Å². The zero-order valence-corrected chi connectivity index (χ0v) is 17.5. The largest absolute Gasteiger partial charge is 0.364 e. The van der Waals surface area contributed by atoms with Crippen molar-refractivity contribution in [3.05, 3.63) is 53.2 Å². The molecule has 1 aromatic carbocycles. The second-order valence-electron chi connectivity index (χ2n) is 6.89. The van der Waals surface area contributed by atoms with E-state index in [4.69, 9.17) is 4.52 Å². The van der Waals surface area contributed by atoms with E-state index in [-0.39, 0.29) is 11.6 Å². The maximum absolute atomic E-state index is 13.4. The van der Waals surface area contributed by atoms with Crippen LogP contribution in [0.25, 0.3) is 0 Å². The molecule has 0 radical (unpaired) electrons. The van der Waals surface area contributed by atoms with Crippen molar-refractivity contribution in [1.82, 2.24) is 19.7 Å². The summed E-state index contributed by atoms with van der Waals surface area (Å²) < 4.78 is 44.8. The third-order valence-corrected chi connectivity index (χ3v) is 6.53. The van der Waals surface area contributed by atoms with Crippen LogP contribution < -0.4 is 5.32 Å². The molecule has 10 heteroatoms. The Hall–Kier alpha value is -2.46. The molecular weight excluding hydrogens is 397 g/mol. The van der Waals surface area contributed by atoms with E-state index in [0.29, 0.717) is 50.5 Å². The minimum Gasteiger partial charge on any atom is -0.364 e. The van der Waals surface area contributed by atoms with E-state index >= 15 is 0 Å². The Bertz CT molecular complexity index is 939. The fourth-order valence-corrected chi connectivity index (χ4v) is 4.59. The van der Waals surface area contributed by atoms with Gasteiger partial charge in [-0.2, -0.15) is 4.31 Å². The predicted octanol–water partition coefficient (Wildman–Crippen LogP) is 1.74. The number of rotatable bonds is 6. The number of nitrogens with zero attached hydrogens (tertiary/aromatic N) is 4. The minimum absolute atomic E-state index is 0.165. The van der Waals surface area contributed by atoms with Crippen LogP contribution in [0.15, 0.2) is 40.0 Å². The van der Waals surface area contributed by atoms with Crippen LogP contribution in [-0.4, -0.2) is 61.5 Å². The van der Waals surface area contributed by atoms with Crippen molar-refractivity contribution in [3.63, 3.8) is 0 Å². The van der Waals surface area contributed by atoms with Gasteiger partial charge in [0, 0.05) is 38.8 Å². The zero-order chi connectivity index (χ0) is 20.9. The van der Waals surface area contributed by atoms with Crippen LogP contribution >= 0.6 is 0 Å². The molecule has 0 atom stereocenters. The summed E-state index contributed by atoms with van der Waals surface area (Å²) in [5.74, 6) is 0.331. The molecule has 1 aliphatic rings. The Kier molecular flexibility index (Phi) is 6.86. The molecule has 0 bridgehead atoms. The van der Waals surface area contributed by atoms with Crippen LogP contribution in [0, 0.1) is 12.7 Å². The van der Waals surface area contributed by atoms with Gasteiger partial charge in [-0.05, 0) is 31.0 Å². The van der Waals surface area contributed by atoms with Crippen molar-refractivity contribution in [2.75, 3.05) is 32.7 Å². The maximum Gasteiger partial charge on any atom is 0.220 e. The van der Waals surface area contributed by atoms with E-state index in [9.17, 15) is 12.8 Å². The fraction of sp³-hybridized carbons (Fsp3) is 0.474. The summed E-state index contributed by atoms with van der Waals surface area (Å²) in [5.41, 5.74) is 1.92. The molecule has 1 fully saturated rings. The average molecular weight is 424 g/mol. The van der Waals surface area contributed by atoms with E-state index in [0.717, 1.165) is 11.5 Å². The molecule has 158 valence electrons. The SMILES string of the molecule is CCNC(=NCc1ccc(F)c(C)c1)N1CCN(S(=O)(=O)Cc2ccon2)CC1. The number of piperazine rings is 1. The van der Waals surface area contributed by atoms with E-state index in [1.54, 1.807) is 25.1 Å². The van der Waals surface area contributed by atoms with Gasteiger partial charge in [-0.25, -0.2) is 17.8 Å². The smallest absolute Gasteiger partial charge is 0.220 e. The Morgan fingerprint density at radius 2 is 2.03 bits per heavy atom. The van der Waals surface area contributed by atoms with E-state index in [1.807, 2.05) is 11.8 Å². The summed E-state index contributed by atoms with van der Waals surface area (Å²) in [6, 6.07) is 6.52. The molecule has 0 saturated carbocycles. The summed E-state index contributed by atoms with van der Waals surface area (Å²) in [4.78, 5) is 6.69. The van der Waals surface area contributed by atoms with Gasteiger partial charge in [0.25, 0.3) is 0 Å². The van der Waals surface area contributed by atoms with Gasteiger partial charge in [0.05, 0.1) is 12.2 Å². The first kappa shape index (κ1) is 21.3.